The van der Waals surface area contributed by atoms with E-state index >= 15 is 0 Å². The molecule has 5 heteroatoms. The molecule has 0 fully saturated rings. The molecule has 0 aliphatic carbocycles. The first-order chi connectivity index (χ1) is 7.24. The van der Waals surface area contributed by atoms with Gasteiger partial charge in [0.2, 0.25) is 5.95 Å². The highest BCUT2D eigenvalue weighted by molar-refractivity contribution is 9.10. The number of nitrogen functional groups attached to an aromatic ring is 1. The Hall–Kier alpha value is -1.62. The van der Waals surface area contributed by atoms with Gasteiger partial charge >= 0.3 is 0 Å². The van der Waals surface area contributed by atoms with Gasteiger partial charge in [-0.1, -0.05) is 15.9 Å². The molecule has 1 aromatic heterocycles. The summed E-state index contributed by atoms with van der Waals surface area (Å²) in [4.78, 5) is 8.07. The normalized spacial score (nSPS) is 9.93. The maximum Gasteiger partial charge on any atom is 0.227 e. The van der Waals surface area contributed by atoms with Gasteiger partial charge in [-0.15, -0.1) is 0 Å². The summed E-state index contributed by atoms with van der Waals surface area (Å²) in [5.41, 5.74) is 6.97. The number of nitrogens with two attached hydrogens (primary N) is 1. The van der Waals surface area contributed by atoms with Crippen LogP contribution in [0.4, 0.5) is 17.3 Å². The highest BCUT2D eigenvalue weighted by Gasteiger charge is 1.96. The second kappa shape index (κ2) is 4.27. The van der Waals surface area contributed by atoms with Crippen molar-refractivity contribution in [1.82, 2.24) is 9.97 Å². The number of nitrogens with one attached hydrogen (secondary N) is 1. The summed E-state index contributed by atoms with van der Waals surface area (Å²) in [6.07, 6.45) is 3.13. The van der Waals surface area contributed by atoms with E-state index in [0.29, 0.717) is 11.6 Å². The van der Waals surface area contributed by atoms with E-state index in [9.17, 15) is 0 Å². The lowest BCUT2D eigenvalue weighted by molar-refractivity contribution is 1.17. The van der Waals surface area contributed by atoms with Crippen LogP contribution in [0.25, 0.3) is 0 Å². The smallest absolute Gasteiger partial charge is 0.227 e. The van der Waals surface area contributed by atoms with Crippen LogP contribution in [0.15, 0.2) is 41.1 Å². The Morgan fingerprint density at radius 2 is 1.67 bits per heavy atom. The molecule has 3 N–H and O–H groups in total. The van der Waals surface area contributed by atoms with Gasteiger partial charge in [0.25, 0.3) is 0 Å². The third kappa shape index (κ3) is 2.66. The summed E-state index contributed by atoms with van der Waals surface area (Å²) >= 11 is 3.36. The van der Waals surface area contributed by atoms with Gasteiger partial charge in [0.15, 0.2) is 0 Å². The van der Waals surface area contributed by atoms with Gasteiger partial charge in [-0.05, 0) is 24.3 Å². The topological polar surface area (TPSA) is 63.8 Å². The minimum atomic E-state index is 0.534. The monoisotopic (exact) mass is 264 g/mol. The van der Waals surface area contributed by atoms with Gasteiger partial charge in [-0.2, -0.15) is 0 Å². The van der Waals surface area contributed by atoms with Crippen molar-refractivity contribution in [2.24, 2.45) is 0 Å². The first-order valence-electron chi connectivity index (χ1n) is 4.34. The molecule has 0 radical (unpaired) electrons. The van der Waals surface area contributed by atoms with Crippen molar-refractivity contribution in [2.45, 2.75) is 0 Å². The summed E-state index contributed by atoms with van der Waals surface area (Å²) in [6.45, 7) is 0. The summed E-state index contributed by atoms with van der Waals surface area (Å²) in [5, 5.41) is 3.06. The number of rotatable bonds is 2. The van der Waals surface area contributed by atoms with Crippen LogP contribution >= 0.6 is 15.9 Å². The van der Waals surface area contributed by atoms with E-state index in [-0.39, 0.29) is 0 Å². The molecular weight excluding hydrogens is 256 g/mol. The molecule has 0 atom stereocenters. The fourth-order valence-electron chi connectivity index (χ4n) is 1.06. The van der Waals surface area contributed by atoms with Crippen molar-refractivity contribution < 1.29 is 0 Å². The van der Waals surface area contributed by atoms with Crippen molar-refractivity contribution in [1.29, 1.82) is 0 Å². The van der Waals surface area contributed by atoms with Gasteiger partial charge in [0.1, 0.15) is 0 Å². The summed E-state index contributed by atoms with van der Waals surface area (Å²) in [5.74, 6) is 0.534. The minimum Gasteiger partial charge on any atom is -0.396 e. The molecule has 2 aromatic rings. The van der Waals surface area contributed by atoms with Gasteiger partial charge in [0, 0.05) is 10.2 Å². The first kappa shape index (κ1) is 9.92. The molecular formula is C10H9BrN4. The molecule has 4 nitrogen and oxygen atoms in total. The molecule has 1 aromatic carbocycles. The first-order valence-corrected chi connectivity index (χ1v) is 5.13. The lowest BCUT2D eigenvalue weighted by Crippen LogP contribution is -1.97. The number of hydrogen-bond acceptors (Lipinski definition) is 4. The molecule has 1 heterocycles. The average Bonchev–Trinajstić information content (AvgIpc) is 2.25. The number of nitrogens with zero attached hydrogens (tertiary/aromatic N) is 2. The number of benzene rings is 1. The average molecular weight is 265 g/mol. The Morgan fingerprint density at radius 1 is 1.07 bits per heavy atom. The predicted molar refractivity (Wildman–Crippen MR) is 63.9 cm³/mol. The van der Waals surface area contributed by atoms with E-state index in [1.165, 1.54) is 0 Å². The van der Waals surface area contributed by atoms with Crippen LogP contribution in [-0.2, 0) is 0 Å². The highest BCUT2D eigenvalue weighted by Crippen LogP contribution is 2.16. The summed E-state index contributed by atoms with van der Waals surface area (Å²) in [7, 11) is 0. The second-order valence-corrected chi connectivity index (χ2v) is 3.89. The van der Waals surface area contributed by atoms with Crippen LogP contribution in [0.5, 0.6) is 0 Å². The van der Waals surface area contributed by atoms with Crippen LogP contribution in [0.1, 0.15) is 0 Å². The zero-order valence-corrected chi connectivity index (χ0v) is 9.40. The highest BCUT2D eigenvalue weighted by atomic mass is 79.9. The molecule has 0 spiro atoms. The van der Waals surface area contributed by atoms with Crippen LogP contribution in [-0.4, -0.2) is 9.97 Å². The van der Waals surface area contributed by atoms with Crippen molar-refractivity contribution in [3.63, 3.8) is 0 Å². The van der Waals surface area contributed by atoms with Crippen molar-refractivity contribution in [2.75, 3.05) is 11.1 Å². The number of hydrogen-bond donors (Lipinski definition) is 2. The summed E-state index contributed by atoms with van der Waals surface area (Å²) < 4.78 is 1.03. The van der Waals surface area contributed by atoms with Gasteiger partial charge in [0.05, 0.1) is 18.1 Å². The fourth-order valence-corrected chi connectivity index (χ4v) is 1.33. The van der Waals surface area contributed by atoms with Gasteiger partial charge in [-0.25, -0.2) is 9.97 Å². The van der Waals surface area contributed by atoms with E-state index in [2.05, 4.69) is 31.2 Å². The number of aromatic nitrogens is 2. The van der Waals surface area contributed by atoms with E-state index in [0.717, 1.165) is 10.2 Å². The van der Waals surface area contributed by atoms with Gasteiger partial charge < -0.3 is 11.1 Å². The molecule has 0 aliphatic rings. The standard InChI is InChI=1S/C10H9BrN4/c11-7-1-3-9(4-2-7)15-10-13-5-8(12)6-14-10/h1-6H,12H2,(H,13,14,15). The predicted octanol–water partition coefficient (Wildman–Crippen LogP) is 2.56. The maximum absolute atomic E-state index is 5.48. The molecule has 0 saturated carbocycles. The van der Waals surface area contributed by atoms with Crippen molar-refractivity contribution in [3.05, 3.63) is 41.1 Å². The Balaban J connectivity index is 2.15. The Kier molecular flexibility index (Phi) is 2.82. The van der Waals surface area contributed by atoms with Crippen molar-refractivity contribution >= 4 is 33.3 Å². The molecule has 76 valence electrons. The van der Waals surface area contributed by atoms with E-state index < -0.39 is 0 Å². The lowest BCUT2D eigenvalue weighted by atomic mass is 10.3. The molecule has 0 unspecified atom stereocenters. The van der Waals surface area contributed by atoms with Gasteiger partial charge in [-0.3, -0.25) is 0 Å². The zero-order valence-electron chi connectivity index (χ0n) is 7.81. The van der Waals surface area contributed by atoms with Crippen molar-refractivity contribution in [3.8, 4) is 0 Å². The molecule has 2 rings (SSSR count). The van der Waals surface area contributed by atoms with E-state index in [4.69, 9.17) is 5.73 Å². The number of anilines is 3. The largest absolute Gasteiger partial charge is 0.396 e. The molecule has 0 aliphatic heterocycles. The molecule has 0 saturated heterocycles. The van der Waals surface area contributed by atoms with Crippen LogP contribution in [0, 0.1) is 0 Å². The zero-order chi connectivity index (χ0) is 10.7. The lowest BCUT2D eigenvalue weighted by Gasteiger charge is -2.04. The minimum absolute atomic E-state index is 0.534. The molecule has 15 heavy (non-hydrogen) atoms. The molecule has 0 bridgehead atoms. The third-order valence-corrected chi connectivity index (χ3v) is 2.30. The fraction of sp³-hybridized carbons (Fsp3) is 0. The van der Waals surface area contributed by atoms with Crippen LogP contribution in [0.2, 0.25) is 0 Å². The Morgan fingerprint density at radius 3 is 2.27 bits per heavy atom. The van der Waals surface area contributed by atoms with E-state index in [1.807, 2.05) is 24.3 Å². The SMILES string of the molecule is Nc1cnc(Nc2ccc(Br)cc2)nc1. The van der Waals surface area contributed by atoms with E-state index in [1.54, 1.807) is 12.4 Å². The maximum atomic E-state index is 5.48. The summed E-state index contributed by atoms with van der Waals surface area (Å²) in [6, 6.07) is 7.76. The van der Waals surface area contributed by atoms with Crippen LogP contribution in [0.3, 0.4) is 0 Å². The second-order valence-electron chi connectivity index (χ2n) is 2.97. The van der Waals surface area contributed by atoms with Crippen LogP contribution < -0.4 is 11.1 Å². The number of halogens is 1. The Bertz CT molecular complexity index is 394. The Labute approximate surface area is 95.7 Å². The molecule has 0 amide bonds. The third-order valence-electron chi connectivity index (χ3n) is 1.77. The quantitative estimate of drug-likeness (QED) is 0.875.